The summed E-state index contributed by atoms with van der Waals surface area (Å²) in [7, 11) is 2.09. The van der Waals surface area contributed by atoms with Gasteiger partial charge in [-0.2, -0.15) is 5.26 Å². The van der Waals surface area contributed by atoms with Gasteiger partial charge in [0.2, 0.25) is 0 Å². The second-order valence-corrected chi connectivity index (χ2v) is 6.10. The van der Waals surface area contributed by atoms with Crippen molar-refractivity contribution in [3.05, 3.63) is 17.0 Å². The standard InChI is InChI=1S/C14H19N3OS/c1-17(12-5-3-2-4-6-12)10-13(18)16-14-11(9-15)7-8-19-14/h7-8,12H,2-6,10H2,1H3,(H,16,18)/p+1. The maximum atomic E-state index is 12.0. The monoisotopic (exact) mass is 278 g/mol. The smallest absolute Gasteiger partial charge is 0.280 e. The Hall–Kier alpha value is -1.38. The third-order valence-electron chi connectivity index (χ3n) is 3.78. The van der Waals surface area contributed by atoms with Gasteiger partial charge in [0.1, 0.15) is 11.1 Å². The van der Waals surface area contributed by atoms with Gasteiger partial charge in [0.15, 0.2) is 6.54 Å². The number of hydrogen-bond donors (Lipinski definition) is 2. The Labute approximate surface area is 118 Å². The van der Waals surface area contributed by atoms with E-state index in [0.717, 1.165) is 0 Å². The topological polar surface area (TPSA) is 57.3 Å². The number of nitrogens with one attached hydrogen (secondary N) is 2. The number of likely N-dealkylation sites (N-methyl/N-ethyl adjacent to an activating group) is 1. The van der Waals surface area contributed by atoms with Crippen molar-refractivity contribution in [2.45, 2.75) is 38.1 Å². The van der Waals surface area contributed by atoms with Gasteiger partial charge in [0.25, 0.3) is 5.91 Å². The lowest BCUT2D eigenvalue weighted by atomic mass is 9.94. The van der Waals surface area contributed by atoms with Crippen molar-refractivity contribution in [3.8, 4) is 6.07 Å². The number of amides is 1. The van der Waals surface area contributed by atoms with Crippen LogP contribution in [-0.2, 0) is 4.79 Å². The minimum absolute atomic E-state index is 0.00187. The van der Waals surface area contributed by atoms with E-state index in [9.17, 15) is 4.79 Å². The molecule has 1 aromatic rings. The molecule has 1 heterocycles. The molecule has 0 aliphatic heterocycles. The summed E-state index contributed by atoms with van der Waals surface area (Å²) >= 11 is 1.40. The summed E-state index contributed by atoms with van der Waals surface area (Å²) in [5.41, 5.74) is 0.550. The highest BCUT2D eigenvalue weighted by molar-refractivity contribution is 7.14. The summed E-state index contributed by atoms with van der Waals surface area (Å²) in [6.45, 7) is 0.480. The van der Waals surface area contributed by atoms with Gasteiger partial charge in [-0.15, -0.1) is 11.3 Å². The SMILES string of the molecule is C[NH+](CC(=O)Nc1sccc1C#N)C1CCCCC1. The average molecular weight is 278 g/mol. The maximum absolute atomic E-state index is 12.0. The van der Waals surface area contributed by atoms with Crippen molar-refractivity contribution in [3.63, 3.8) is 0 Å². The Morgan fingerprint density at radius 1 is 1.53 bits per heavy atom. The summed E-state index contributed by atoms with van der Waals surface area (Å²) in [5, 5.41) is 14.2. The molecule has 1 amide bonds. The van der Waals surface area contributed by atoms with E-state index in [1.807, 2.05) is 5.38 Å². The molecule has 0 spiro atoms. The number of anilines is 1. The fraction of sp³-hybridized carbons (Fsp3) is 0.571. The van der Waals surface area contributed by atoms with Crippen molar-refractivity contribution in [1.29, 1.82) is 5.26 Å². The molecule has 1 aliphatic rings. The number of carbonyl (C=O) groups is 1. The summed E-state index contributed by atoms with van der Waals surface area (Å²) in [4.78, 5) is 13.3. The van der Waals surface area contributed by atoms with Crippen molar-refractivity contribution in [2.75, 3.05) is 18.9 Å². The Kier molecular flexibility index (Phi) is 4.94. The first kappa shape index (κ1) is 14.0. The zero-order valence-electron chi connectivity index (χ0n) is 11.2. The number of carbonyl (C=O) groups excluding carboxylic acids is 1. The minimum atomic E-state index is 0.00187. The summed E-state index contributed by atoms with van der Waals surface area (Å²) < 4.78 is 0. The molecule has 0 radical (unpaired) electrons. The Balaban J connectivity index is 1.85. The van der Waals surface area contributed by atoms with Crippen LogP contribution in [0.15, 0.2) is 11.4 Å². The van der Waals surface area contributed by atoms with E-state index in [2.05, 4.69) is 18.4 Å². The van der Waals surface area contributed by atoms with E-state index >= 15 is 0 Å². The molecule has 4 nitrogen and oxygen atoms in total. The molecule has 1 aliphatic carbocycles. The first-order valence-electron chi connectivity index (χ1n) is 6.80. The molecule has 0 saturated heterocycles. The molecule has 1 fully saturated rings. The molecule has 0 aromatic carbocycles. The van der Waals surface area contributed by atoms with Crippen LogP contribution in [0.3, 0.4) is 0 Å². The van der Waals surface area contributed by atoms with Gasteiger partial charge in [0, 0.05) is 0 Å². The van der Waals surface area contributed by atoms with E-state index in [4.69, 9.17) is 5.26 Å². The molecule has 2 rings (SSSR count). The van der Waals surface area contributed by atoms with Crippen LogP contribution in [0.5, 0.6) is 0 Å². The Morgan fingerprint density at radius 3 is 2.95 bits per heavy atom. The normalized spacial score (nSPS) is 17.7. The van der Waals surface area contributed by atoms with Crippen LogP contribution < -0.4 is 10.2 Å². The molecule has 1 unspecified atom stereocenters. The lowest BCUT2D eigenvalue weighted by Gasteiger charge is -2.27. The van der Waals surface area contributed by atoms with Gasteiger partial charge in [-0.05, 0) is 37.1 Å². The van der Waals surface area contributed by atoms with Crippen molar-refractivity contribution in [1.82, 2.24) is 0 Å². The van der Waals surface area contributed by atoms with Gasteiger partial charge >= 0.3 is 0 Å². The molecule has 1 aromatic heterocycles. The molecule has 1 saturated carbocycles. The first-order chi connectivity index (χ1) is 9.20. The molecular formula is C14H20N3OS+. The van der Waals surface area contributed by atoms with Crippen LogP contribution in [0.1, 0.15) is 37.7 Å². The Bertz CT molecular complexity index is 471. The second kappa shape index (κ2) is 6.69. The van der Waals surface area contributed by atoms with Crippen LogP contribution in [0.2, 0.25) is 0 Å². The highest BCUT2D eigenvalue weighted by Gasteiger charge is 2.23. The van der Waals surface area contributed by atoms with Crippen LogP contribution in [0, 0.1) is 11.3 Å². The maximum Gasteiger partial charge on any atom is 0.280 e. The van der Waals surface area contributed by atoms with E-state index in [0.29, 0.717) is 23.2 Å². The molecular weight excluding hydrogens is 258 g/mol. The number of quaternary nitrogens is 1. The van der Waals surface area contributed by atoms with Crippen molar-refractivity contribution >= 4 is 22.2 Å². The van der Waals surface area contributed by atoms with Crippen molar-refractivity contribution in [2.24, 2.45) is 0 Å². The summed E-state index contributed by atoms with van der Waals surface area (Å²) in [5.74, 6) is 0.00187. The van der Waals surface area contributed by atoms with Gasteiger partial charge in [-0.3, -0.25) is 4.79 Å². The summed E-state index contributed by atoms with van der Waals surface area (Å²) in [6, 6.07) is 4.43. The van der Waals surface area contributed by atoms with Crippen molar-refractivity contribution < 1.29 is 9.69 Å². The number of nitrogens with zero attached hydrogens (tertiary/aromatic N) is 1. The van der Waals surface area contributed by atoms with Gasteiger partial charge in [0.05, 0.1) is 18.7 Å². The highest BCUT2D eigenvalue weighted by Crippen LogP contribution is 2.21. The van der Waals surface area contributed by atoms with Gasteiger partial charge < -0.3 is 10.2 Å². The van der Waals surface area contributed by atoms with Crippen LogP contribution in [0.4, 0.5) is 5.00 Å². The zero-order chi connectivity index (χ0) is 13.7. The third-order valence-corrected chi connectivity index (χ3v) is 4.61. The number of rotatable bonds is 4. The fourth-order valence-electron chi connectivity index (χ4n) is 2.66. The molecule has 1 atom stereocenters. The molecule has 2 N–H and O–H groups in total. The summed E-state index contributed by atoms with van der Waals surface area (Å²) in [6.07, 6.45) is 6.35. The fourth-order valence-corrected chi connectivity index (χ4v) is 3.41. The van der Waals surface area contributed by atoms with Crippen LogP contribution in [-0.4, -0.2) is 25.5 Å². The second-order valence-electron chi connectivity index (χ2n) is 5.18. The largest absolute Gasteiger partial charge is 0.327 e. The average Bonchev–Trinajstić information content (AvgIpc) is 2.86. The van der Waals surface area contributed by atoms with Gasteiger partial charge in [-0.1, -0.05) is 6.42 Å². The van der Waals surface area contributed by atoms with Crippen LogP contribution in [0.25, 0.3) is 0 Å². The molecule has 19 heavy (non-hydrogen) atoms. The highest BCUT2D eigenvalue weighted by atomic mass is 32.1. The van der Waals surface area contributed by atoms with Crippen LogP contribution >= 0.6 is 11.3 Å². The molecule has 102 valence electrons. The van der Waals surface area contributed by atoms with E-state index < -0.39 is 0 Å². The van der Waals surface area contributed by atoms with E-state index in [1.165, 1.54) is 48.3 Å². The number of hydrogen-bond acceptors (Lipinski definition) is 3. The zero-order valence-corrected chi connectivity index (χ0v) is 12.1. The van der Waals surface area contributed by atoms with E-state index in [-0.39, 0.29) is 5.91 Å². The molecule has 0 bridgehead atoms. The number of thiophene rings is 1. The predicted octanol–water partition coefficient (Wildman–Crippen LogP) is 1.41. The quantitative estimate of drug-likeness (QED) is 0.875. The van der Waals surface area contributed by atoms with Gasteiger partial charge in [-0.25, -0.2) is 0 Å². The third kappa shape index (κ3) is 3.79. The lowest BCUT2D eigenvalue weighted by Crippen LogP contribution is -3.14. The molecule has 5 heteroatoms. The minimum Gasteiger partial charge on any atom is -0.327 e. The number of nitriles is 1. The lowest BCUT2D eigenvalue weighted by molar-refractivity contribution is -0.899. The first-order valence-corrected chi connectivity index (χ1v) is 7.68. The Morgan fingerprint density at radius 2 is 2.26 bits per heavy atom. The van der Waals surface area contributed by atoms with E-state index in [1.54, 1.807) is 6.07 Å². The predicted molar refractivity (Wildman–Crippen MR) is 76.3 cm³/mol.